The summed E-state index contributed by atoms with van der Waals surface area (Å²) in [4.78, 5) is 13.0. The molecule has 0 spiro atoms. The van der Waals surface area contributed by atoms with Gasteiger partial charge in [-0.2, -0.15) is 10.2 Å². The minimum Gasteiger partial charge on any atom is -0.393 e. The number of nitrogens with zero attached hydrogens (tertiary/aromatic N) is 5. The molecule has 0 aliphatic heterocycles. The van der Waals surface area contributed by atoms with Crippen LogP contribution in [0.5, 0.6) is 0 Å². The number of fused-ring (bicyclic) bond motifs is 1. The summed E-state index contributed by atoms with van der Waals surface area (Å²) < 4.78 is 29.9. The van der Waals surface area contributed by atoms with Crippen LogP contribution in [-0.4, -0.2) is 36.8 Å². The van der Waals surface area contributed by atoms with Crippen molar-refractivity contribution in [2.24, 2.45) is 7.05 Å². The summed E-state index contributed by atoms with van der Waals surface area (Å²) in [5.41, 5.74) is 0.435. The average molecular weight is 399 g/mol. The minimum atomic E-state index is -0.891. The SMILES string of the molecule is Cn1c(Nc2c(F)cc(C#N)cc2F)nc2cnc(N[C@@H]3CCCC(O)C3)nc21. The number of halogens is 2. The van der Waals surface area contributed by atoms with Gasteiger partial charge in [0, 0.05) is 13.1 Å². The zero-order chi connectivity index (χ0) is 20.5. The van der Waals surface area contributed by atoms with Gasteiger partial charge in [0.15, 0.2) is 17.3 Å². The number of aliphatic hydroxyl groups is 1. The van der Waals surface area contributed by atoms with E-state index in [0.717, 1.165) is 31.4 Å². The summed E-state index contributed by atoms with van der Waals surface area (Å²) in [6.45, 7) is 0. The first-order valence-electron chi connectivity index (χ1n) is 9.25. The van der Waals surface area contributed by atoms with Crippen LogP contribution in [0.15, 0.2) is 18.3 Å². The van der Waals surface area contributed by atoms with Crippen LogP contribution in [0, 0.1) is 23.0 Å². The maximum absolute atomic E-state index is 14.2. The molecule has 1 aliphatic rings. The van der Waals surface area contributed by atoms with Gasteiger partial charge in [-0.1, -0.05) is 0 Å². The van der Waals surface area contributed by atoms with Crippen molar-refractivity contribution < 1.29 is 13.9 Å². The molecular weight excluding hydrogens is 380 g/mol. The Labute approximate surface area is 165 Å². The van der Waals surface area contributed by atoms with Crippen LogP contribution in [-0.2, 0) is 7.05 Å². The summed E-state index contributed by atoms with van der Waals surface area (Å²) in [5.74, 6) is -1.19. The molecule has 2 heterocycles. The predicted molar refractivity (Wildman–Crippen MR) is 103 cm³/mol. The van der Waals surface area contributed by atoms with E-state index in [0.29, 0.717) is 23.5 Å². The van der Waals surface area contributed by atoms with Gasteiger partial charge < -0.3 is 15.7 Å². The van der Waals surface area contributed by atoms with Gasteiger partial charge in [-0.05, 0) is 37.8 Å². The van der Waals surface area contributed by atoms with Crippen molar-refractivity contribution in [1.29, 1.82) is 5.26 Å². The molecule has 10 heteroatoms. The topological polar surface area (TPSA) is 112 Å². The van der Waals surface area contributed by atoms with E-state index in [4.69, 9.17) is 5.26 Å². The molecule has 1 aromatic carbocycles. The van der Waals surface area contributed by atoms with Crippen LogP contribution in [0.2, 0.25) is 0 Å². The molecule has 8 nitrogen and oxygen atoms in total. The molecular formula is C19H19F2N7O. The number of hydrogen-bond acceptors (Lipinski definition) is 7. The molecule has 1 unspecified atom stereocenters. The Kier molecular flexibility index (Phi) is 4.98. The molecule has 29 heavy (non-hydrogen) atoms. The number of aromatic nitrogens is 4. The molecule has 150 valence electrons. The van der Waals surface area contributed by atoms with Crippen LogP contribution in [0.25, 0.3) is 11.2 Å². The number of hydrogen-bond donors (Lipinski definition) is 3. The molecule has 0 radical (unpaired) electrons. The minimum absolute atomic E-state index is 0.0869. The van der Waals surface area contributed by atoms with Gasteiger partial charge in [-0.15, -0.1) is 0 Å². The maximum atomic E-state index is 14.2. The standard InChI is InChI=1S/C19H19F2N7O/c1-28-17-15(9-23-18(27-17)24-11-3-2-4-12(29)7-11)25-19(28)26-16-13(20)5-10(8-22)6-14(16)21/h5-6,9,11-12,29H,2-4,7H2,1H3,(H,25,26)(H,23,24,27)/t11-,12?/m1/s1. The largest absolute Gasteiger partial charge is 0.393 e. The monoisotopic (exact) mass is 399 g/mol. The Morgan fingerprint density at radius 3 is 2.69 bits per heavy atom. The molecule has 0 saturated heterocycles. The lowest BCUT2D eigenvalue weighted by atomic mass is 9.93. The molecule has 4 rings (SSSR count). The van der Waals surface area contributed by atoms with Crippen LogP contribution < -0.4 is 10.6 Å². The Balaban J connectivity index is 1.61. The second kappa shape index (κ2) is 7.60. The fourth-order valence-electron chi connectivity index (χ4n) is 3.51. The molecule has 1 saturated carbocycles. The van der Waals surface area contributed by atoms with Crippen molar-refractivity contribution in [3.63, 3.8) is 0 Å². The van der Waals surface area contributed by atoms with Gasteiger partial charge in [-0.25, -0.2) is 18.7 Å². The summed E-state index contributed by atoms with van der Waals surface area (Å²) in [7, 11) is 1.66. The van der Waals surface area contributed by atoms with Crippen molar-refractivity contribution in [2.45, 2.75) is 37.8 Å². The lowest BCUT2D eigenvalue weighted by molar-refractivity contribution is 0.124. The Morgan fingerprint density at radius 1 is 1.24 bits per heavy atom. The van der Waals surface area contributed by atoms with E-state index < -0.39 is 17.3 Å². The number of aryl methyl sites for hydroxylation is 1. The molecule has 2 atom stereocenters. The summed E-state index contributed by atoms with van der Waals surface area (Å²) >= 11 is 0. The number of nitriles is 1. The Bertz CT molecular complexity index is 1080. The van der Waals surface area contributed by atoms with Crippen molar-refractivity contribution in [1.82, 2.24) is 19.5 Å². The van der Waals surface area contributed by atoms with Crippen molar-refractivity contribution in [3.8, 4) is 6.07 Å². The zero-order valence-corrected chi connectivity index (χ0v) is 15.7. The second-order valence-corrected chi connectivity index (χ2v) is 7.11. The summed E-state index contributed by atoms with van der Waals surface area (Å²) in [5, 5.41) is 24.5. The first-order chi connectivity index (χ1) is 13.9. The first kappa shape index (κ1) is 19.0. The highest BCUT2D eigenvalue weighted by atomic mass is 19.1. The highest BCUT2D eigenvalue weighted by Gasteiger charge is 2.21. The molecule has 0 bridgehead atoms. The number of rotatable bonds is 4. The van der Waals surface area contributed by atoms with Crippen molar-refractivity contribution >= 4 is 28.7 Å². The van der Waals surface area contributed by atoms with Crippen LogP contribution in [0.4, 0.5) is 26.4 Å². The quantitative estimate of drug-likeness (QED) is 0.618. The Hall–Kier alpha value is -3.32. The lowest BCUT2D eigenvalue weighted by Crippen LogP contribution is -2.30. The van der Waals surface area contributed by atoms with Crippen LogP contribution in [0.3, 0.4) is 0 Å². The third-order valence-electron chi connectivity index (χ3n) is 5.00. The molecule has 0 amide bonds. The van der Waals surface area contributed by atoms with E-state index in [9.17, 15) is 13.9 Å². The molecule has 3 N–H and O–H groups in total. The van der Waals surface area contributed by atoms with Gasteiger partial charge >= 0.3 is 0 Å². The van der Waals surface area contributed by atoms with Gasteiger partial charge in [-0.3, -0.25) is 4.57 Å². The van der Waals surface area contributed by atoms with E-state index in [1.54, 1.807) is 17.7 Å². The van der Waals surface area contributed by atoms with Crippen LogP contribution >= 0.6 is 0 Å². The number of benzene rings is 1. The van der Waals surface area contributed by atoms with Gasteiger partial charge in [0.25, 0.3) is 0 Å². The fraction of sp³-hybridized carbons (Fsp3) is 0.368. The van der Waals surface area contributed by atoms with Gasteiger partial charge in [0.2, 0.25) is 11.9 Å². The summed E-state index contributed by atoms with van der Waals surface area (Å²) in [6, 6.07) is 3.70. The predicted octanol–water partition coefficient (Wildman–Crippen LogP) is 2.97. The first-order valence-corrected chi connectivity index (χ1v) is 9.25. The highest BCUT2D eigenvalue weighted by molar-refractivity contribution is 5.76. The van der Waals surface area contributed by atoms with E-state index in [2.05, 4.69) is 25.6 Å². The second-order valence-electron chi connectivity index (χ2n) is 7.11. The van der Waals surface area contributed by atoms with E-state index in [1.165, 1.54) is 6.20 Å². The maximum Gasteiger partial charge on any atom is 0.224 e. The molecule has 2 aromatic heterocycles. The Morgan fingerprint density at radius 2 is 2.00 bits per heavy atom. The van der Waals surface area contributed by atoms with Gasteiger partial charge in [0.05, 0.1) is 23.9 Å². The molecule has 3 aromatic rings. The fourth-order valence-corrected chi connectivity index (χ4v) is 3.51. The van der Waals surface area contributed by atoms with E-state index in [-0.39, 0.29) is 23.7 Å². The summed E-state index contributed by atoms with van der Waals surface area (Å²) in [6.07, 6.45) is 4.50. The normalized spacial score (nSPS) is 19.1. The lowest BCUT2D eigenvalue weighted by Gasteiger charge is -2.26. The smallest absolute Gasteiger partial charge is 0.224 e. The van der Waals surface area contributed by atoms with E-state index >= 15 is 0 Å². The van der Waals surface area contributed by atoms with Crippen molar-refractivity contribution in [3.05, 3.63) is 35.5 Å². The zero-order valence-electron chi connectivity index (χ0n) is 15.7. The third-order valence-corrected chi connectivity index (χ3v) is 5.00. The molecule has 1 aliphatic carbocycles. The molecule has 1 fully saturated rings. The van der Waals surface area contributed by atoms with E-state index in [1.807, 2.05) is 0 Å². The van der Waals surface area contributed by atoms with Gasteiger partial charge in [0.1, 0.15) is 11.2 Å². The average Bonchev–Trinajstić information content (AvgIpc) is 3.00. The highest BCUT2D eigenvalue weighted by Crippen LogP contribution is 2.27. The number of aliphatic hydroxyl groups excluding tert-OH is 1. The number of imidazole rings is 1. The third kappa shape index (κ3) is 3.82. The van der Waals surface area contributed by atoms with Crippen LogP contribution in [0.1, 0.15) is 31.2 Å². The number of anilines is 3. The van der Waals surface area contributed by atoms with Crippen molar-refractivity contribution in [2.75, 3.05) is 10.6 Å². The number of nitrogens with one attached hydrogen (secondary N) is 2.